The maximum atomic E-state index is 4.41. The van der Waals surface area contributed by atoms with Crippen molar-refractivity contribution in [2.75, 3.05) is 11.9 Å². The summed E-state index contributed by atoms with van der Waals surface area (Å²) < 4.78 is 2.10. The average molecular weight is 294 g/mol. The molecule has 0 bridgehead atoms. The fourth-order valence-corrected chi connectivity index (χ4v) is 3.31. The van der Waals surface area contributed by atoms with Crippen LogP contribution in [0.2, 0.25) is 0 Å². The first kappa shape index (κ1) is 13.1. The van der Waals surface area contributed by atoms with Crippen molar-refractivity contribution >= 4 is 29.1 Å². The smallest absolute Gasteiger partial charge is 0.139 e. The van der Waals surface area contributed by atoms with Gasteiger partial charge >= 0.3 is 0 Å². The van der Waals surface area contributed by atoms with Gasteiger partial charge in [0.15, 0.2) is 0 Å². The minimum absolute atomic E-state index is 0.383. The second kappa shape index (κ2) is 4.98. The van der Waals surface area contributed by atoms with E-state index < -0.39 is 0 Å². The lowest BCUT2D eigenvalue weighted by atomic mass is 10.0. The molecule has 0 saturated heterocycles. The van der Waals surface area contributed by atoms with Crippen molar-refractivity contribution < 1.29 is 0 Å². The van der Waals surface area contributed by atoms with Crippen LogP contribution in [0, 0.1) is 0 Å². The quantitative estimate of drug-likeness (QED) is 0.755. The van der Waals surface area contributed by atoms with E-state index in [1.165, 1.54) is 5.69 Å². The highest BCUT2D eigenvalue weighted by atomic mass is 15.3. The average Bonchev–Trinajstić information content (AvgIpc) is 3.20. The number of hydrogen-bond donors (Lipinski definition) is 1. The standard InChI is InChI=1S/C16H18N6/c1-17-14-9-19-16-13(6-7-18-16)15(14)21(2)12-4-3-11-5-8-20-22(11)10-12/h5-9,12H,1,3-4,10H2,2H3,(H,18,19)/t12-/m0/s1. The van der Waals surface area contributed by atoms with Crippen LogP contribution in [0.25, 0.3) is 11.0 Å². The number of aromatic nitrogens is 4. The molecule has 0 aliphatic carbocycles. The van der Waals surface area contributed by atoms with Gasteiger partial charge in [0.25, 0.3) is 0 Å². The topological polar surface area (TPSA) is 62.1 Å². The molecule has 3 aromatic rings. The number of aryl methyl sites for hydroxylation is 1. The van der Waals surface area contributed by atoms with Gasteiger partial charge < -0.3 is 9.88 Å². The van der Waals surface area contributed by atoms with E-state index in [-0.39, 0.29) is 0 Å². The van der Waals surface area contributed by atoms with E-state index in [1.807, 2.05) is 18.5 Å². The predicted molar refractivity (Wildman–Crippen MR) is 88.0 cm³/mol. The lowest BCUT2D eigenvalue weighted by molar-refractivity contribution is 0.414. The third kappa shape index (κ3) is 1.91. The summed E-state index contributed by atoms with van der Waals surface area (Å²) in [7, 11) is 2.12. The Morgan fingerprint density at radius 2 is 2.36 bits per heavy atom. The first-order valence-corrected chi connectivity index (χ1v) is 7.44. The van der Waals surface area contributed by atoms with Gasteiger partial charge in [-0.1, -0.05) is 0 Å². The number of hydrogen-bond acceptors (Lipinski definition) is 4. The minimum Gasteiger partial charge on any atom is -0.367 e. The van der Waals surface area contributed by atoms with E-state index in [1.54, 1.807) is 6.20 Å². The largest absolute Gasteiger partial charge is 0.367 e. The van der Waals surface area contributed by atoms with Crippen molar-refractivity contribution in [3.8, 4) is 0 Å². The van der Waals surface area contributed by atoms with Crippen LogP contribution in [0.4, 0.5) is 11.4 Å². The summed E-state index contributed by atoms with van der Waals surface area (Å²) in [6, 6.07) is 4.53. The van der Waals surface area contributed by atoms with Crippen LogP contribution in [0.1, 0.15) is 12.1 Å². The number of rotatable bonds is 3. The van der Waals surface area contributed by atoms with Gasteiger partial charge in [0.1, 0.15) is 11.3 Å². The van der Waals surface area contributed by atoms with Crippen molar-refractivity contribution in [1.82, 2.24) is 19.7 Å². The highest BCUT2D eigenvalue weighted by Crippen LogP contribution is 2.36. The molecule has 0 radical (unpaired) electrons. The van der Waals surface area contributed by atoms with E-state index in [2.05, 4.69) is 49.5 Å². The zero-order chi connectivity index (χ0) is 15.1. The van der Waals surface area contributed by atoms with E-state index >= 15 is 0 Å². The molecule has 0 amide bonds. The summed E-state index contributed by atoms with van der Waals surface area (Å²) >= 11 is 0. The normalized spacial score (nSPS) is 17.4. The number of aliphatic imine (C=N–C) groups is 1. The lowest BCUT2D eigenvalue weighted by Crippen LogP contribution is -2.39. The van der Waals surface area contributed by atoms with E-state index in [4.69, 9.17) is 0 Å². The second-order valence-electron chi connectivity index (χ2n) is 5.70. The summed E-state index contributed by atoms with van der Waals surface area (Å²) in [5.74, 6) is 0. The molecular weight excluding hydrogens is 276 g/mol. The molecule has 6 nitrogen and oxygen atoms in total. The van der Waals surface area contributed by atoms with Crippen LogP contribution < -0.4 is 4.90 Å². The molecule has 0 aromatic carbocycles. The van der Waals surface area contributed by atoms with E-state index in [0.717, 1.165) is 41.8 Å². The molecule has 0 fully saturated rings. The van der Waals surface area contributed by atoms with Gasteiger partial charge in [-0.3, -0.25) is 9.67 Å². The second-order valence-corrected chi connectivity index (χ2v) is 5.70. The Hall–Kier alpha value is -2.63. The Morgan fingerprint density at radius 1 is 1.45 bits per heavy atom. The minimum atomic E-state index is 0.383. The SMILES string of the molecule is C=Nc1cnc2[nH]ccc2c1N(C)[C@H]1CCc2ccnn2C1. The Kier molecular flexibility index (Phi) is 2.96. The van der Waals surface area contributed by atoms with Gasteiger partial charge in [0.2, 0.25) is 0 Å². The fourth-order valence-electron chi connectivity index (χ4n) is 3.31. The van der Waals surface area contributed by atoms with Crippen LogP contribution in [-0.2, 0) is 13.0 Å². The maximum Gasteiger partial charge on any atom is 0.139 e. The zero-order valence-electron chi connectivity index (χ0n) is 12.5. The summed E-state index contributed by atoms with van der Waals surface area (Å²) in [6.45, 7) is 4.59. The molecule has 0 spiro atoms. The van der Waals surface area contributed by atoms with Crippen molar-refractivity contribution in [3.63, 3.8) is 0 Å². The molecular formula is C16H18N6. The van der Waals surface area contributed by atoms with Crippen molar-refractivity contribution in [2.45, 2.75) is 25.4 Å². The van der Waals surface area contributed by atoms with E-state index in [0.29, 0.717) is 6.04 Å². The highest BCUT2D eigenvalue weighted by Gasteiger charge is 2.25. The molecule has 1 N–H and O–H groups in total. The summed E-state index contributed by atoms with van der Waals surface area (Å²) in [5.41, 5.74) is 4.10. The highest BCUT2D eigenvalue weighted by molar-refractivity contribution is 5.96. The molecule has 4 heterocycles. The van der Waals surface area contributed by atoms with Crippen molar-refractivity contribution in [1.29, 1.82) is 0 Å². The number of anilines is 1. The first-order chi connectivity index (χ1) is 10.8. The number of nitrogens with one attached hydrogen (secondary N) is 1. The number of pyridine rings is 1. The van der Waals surface area contributed by atoms with Gasteiger partial charge in [0, 0.05) is 36.6 Å². The molecule has 1 aliphatic heterocycles. The summed E-state index contributed by atoms with van der Waals surface area (Å²) in [4.78, 5) is 14.0. The van der Waals surface area contributed by atoms with Crippen LogP contribution in [-0.4, -0.2) is 39.6 Å². The zero-order valence-corrected chi connectivity index (χ0v) is 12.5. The van der Waals surface area contributed by atoms with E-state index in [9.17, 15) is 0 Å². The molecule has 3 aromatic heterocycles. The van der Waals surface area contributed by atoms with Crippen molar-refractivity contribution in [3.05, 3.63) is 36.4 Å². The van der Waals surface area contributed by atoms with Gasteiger partial charge in [-0.05, 0) is 31.7 Å². The Labute approximate surface area is 128 Å². The van der Waals surface area contributed by atoms with Gasteiger partial charge in [-0.2, -0.15) is 5.10 Å². The Morgan fingerprint density at radius 3 is 3.23 bits per heavy atom. The van der Waals surface area contributed by atoms with Crippen LogP contribution >= 0.6 is 0 Å². The molecule has 0 saturated carbocycles. The third-order valence-electron chi connectivity index (χ3n) is 4.53. The Balaban J connectivity index is 1.75. The maximum absolute atomic E-state index is 4.41. The van der Waals surface area contributed by atoms with Gasteiger partial charge in [-0.15, -0.1) is 0 Å². The Bertz CT molecular complexity index is 830. The summed E-state index contributed by atoms with van der Waals surface area (Å²) in [5, 5.41) is 5.50. The lowest BCUT2D eigenvalue weighted by Gasteiger charge is -2.34. The molecule has 0 unspecified atom stereocenters. The first-order valence-electron chi connectivity index (χ1n) is 7.44. The number of likely N-dealkylation sites (N-methyl/N-ethyl adjacent to an activating group) is 1. The number of fused-ring (bicyclic) bond motifs is 2. The van der Waals surface area contributed by atoms with Gasteiger partial charge in [-0.25, -0.2) is 4.98 Å². The van der Waals surface area contributed by atoms with Gasteiger partial charge in [0.05, 0.1) is 18.4 Å². The monoisotopic (exact) mass is 294 g/mol. The number of nitrogens with zero attached hydrogens (tertiary/aromatic N) is 5. The fraction of sp³-hybridized carbons (Fsp3) is 0.312. The third-order valence-corrected chi connectivity index (χ3v) is 4.53. The molecule has 112 valence electrons. The molecule has 4 rings (SSSR count). The summed E-state index contributed by atoms with van der Waals surface area (Å²) in [6.07, 6.45) is 7.72. The van der Waals surface area contributed by atoms with Crippen LogP contribution in [0.5, 0.6) is 0 Å². The predicted octanol–water partition coefficient (Wildman–Crippen LogP) is 2.54. The number of aromatic amines is 1. The molecule has 1 atom stereocenters. The molecule has 6 heteroatoms. The molecule has 1 aliphatic rings. The van der Waals surface area contributed by atoms with Crippen LogP contribution in [0.15, 0.2) is 35.7 Å². The van der Waals surface area contributed by atoms with Crippen LogP contribution in [0.3, 0.4) is 0 Å². The number of H-pyrrole nitrogens is 1. The van der Waals surface area contributed by atoms with Crippen molar-refractivity contribution in [2.24, 2.45) is 4.99 Å². The molecule has 22 heavy (non-hydrogen) atoms.